The molecule has 0 bridgehead atoms. The number of rotatable bonds is 7. The molecule has 1 aliphatic heterocycles. The van der Waals surface area contributed by atoms with Gasteiger partial charge >= 0.3 is 0 Å². The van der Waals surface area contributed by atoms with Crippen LogP contribution >= 0.6 is 12.2 Å². The summed E-state index contributed by atoms with van der Waals surface area (Å²) in [4.78, 5) is 7.50. The molecule has 1 saturated heterocycles. The smallest absolute Gasteiger partial charge is 0.163 e. The predicted molar refractivity (Wildman–Crippen MR) is 123 cm³/mol. The first kappa shape index (κ1) is 19.9. The summed E-state index contributed by atoms with van der Waals surface area (Å²) >= 11 is 4.88. The molecule has 2 heterocycles. The lowest BCUT2D eigenvalue weighted by atomic mass is 9.93. The third kappa shape index (κ3) is 5.14. The van der Waals surface area contributed by atoms with Crippen molar-refractivity contribution >= 4 is 28.4 Å². The number of likely N-dealkylation sites (tertiary alicyclic amines) is 1. The van der Waals surface area contributed by atoms with Gasteiger partial charge in [0, 0.05) is 26.1 Å². The number of imidazole rings is 1. The molecule has 0 radical (unpaired) electrons. The van der Waals surface area contributed by atoms with Crippen LogP contribution in [0.15, 0.2) is 54.6 Å². The standard InChI is InChI=1S/C23H29N5S/c24-23(29)25-12-15-27-13-10-18(11-14-27)16-22-26-20-8-4-5-9-21(20)28(22)17-19-6-2-1-3-7-19/h1-9,18H,10-17H2,(H3,24,25,29). The molecule has 152 valence electrons. The molecule has 0 amide bonds. The number of benzene rings is 2. The van der Waals surface area contributed by atoms with Crippen LogP contribution in [-0.4, -0.2) is 45.7 Å². The average Bonchev–Trinajstić information content (AvgIpc) is 3.07. The number of nitrogens with zero attached hydrogens (tertiary/aromatic N) is 3. The molecular weight excluding hydrogens is 378 g/mol. The Labute approximate surface area is 177 Å². The van der Waals surface area contributed by atoms with Gasteiger partial charge in [-0.3, -0.25) is 0 Å². The molecule has 0 saturated carbocycles. The van der Waals surface area contributed by atoms with Crippen molar-refractivity contribution in [2.24, 2.45) is 11.7 Å². The Balaban J connectivity index is 1.43. The van der Waals surface area contributed by atoms with Crippen molar-refractivity contribution in [3.05, 3.63) is 66.0 Å². The second kappa shape index (κ2) is 9.37. The Morgan fingerprint density at radius 2 is 1.79 bits per heavy atom. The lowest BCUT2D eigenvalue weighted by Crippen LogP contribution is -2.41. The molecule has 0 atom stereocenters. The highest BCUT2D eigenvalue weighted by Crippen LogP contribution is 2.25. The van der Waals surface area contributed by atoms with Gasteiger partial charge in [0.25, 0.3) is 0 Å². The number of para-hydroxylation sites is 2. The van der Waals surface area contributed by atoms with E-state index in [0.717, 1.165) is 44.7 Å². The summed E-state index contributed by atoms with van der Waals surface area (Å²) in [5.74, 6) is 1.89. The highest BCUT2D eigenvalue weighted by Gasteiger charge is 2.22. The highest BCUT2D eigenvalue weighted by atomic mass is 32.1. The Hall–Kier alpha value is -2.44. The number of aromatic nitrogens is 2. The number of nitrogens with two attached hydrogens (primary N) is 1. The van der Waals surface area contributed by atoms with Crippen LogP contribution < -0.4 is 11.1 Å². The third-order valence-corrected chi connectivity index (χ3v) is 5.97. The molecule has 2 aromatic carbocycles. The monoisotopic (exact) mass is 407 g/mol. The van der Waals surface area contributed by atoms with E-state index in [4.69, 9.17) is 22.9 Å². The second-order valence-corrected chi connectivity index (χ2v) is 8.31. The van der Waals surface area contributed by atoms with E-state index in [1.165, 1.54) is 29.7 Å². The van der Waals surface area contributed by atoms with E-state index < -0.39 is 0 Å². The van der Waals surface area contributed by atoms with Crippen LogP contribution in [0.4, 0.5) is 0 Å². The number of hydrogen-bond acceptors (Lipinski definition) is 3. The number of hydrogen-bond donors (Lipinski definition) is 2. The number of nitrogens with one attached hydrogen (secondary N) is 1. The SMILES string of the molecule is NC(=S)NCCN1CCC(Cc2nc3ccccc3n2Cc2ccccc2)CC1. The van der Waals surface area contributed by atoms with Gasteiger partial charge in [0.15, 0.2) is 5.11 Å². The highest BCUT2D eigenvalue weighted by molar-refractivity contribution is 7.80. The fraction of sp³-hybridized carbons (Fsp3) is 0.391. The second-order valence-electron chi connectivity index (χ2n) is 7.87. The van der Waals surface area contributed by atoms with Crippen molar-refractivity contribution in [3.8, 4) is 0 Å². The molecule has 29 heavy (non-hydrogen) atoms. The molecule has 3 aromatic rings. The first-order chi connectivity index (χ1) is 14.2. The van der Waals surface area contributed by atoms with Crippen LogP contribution in [0.1, 0.15) is 24.2 Å². The summed E-state index contributed by atoms with van der Waals surface area (Å²) in [6.45, 7) is 4.95. The summed E-state index contributed by atoms with van der Waals surface area (Å²) in [6.07, 6.45) is 3.46. The normalized spacial score (nSPS) is 15.6. The lowest BCUT2D eigenvalue weighted by molar-refractivity contribution is 0.185. The van der Waals surface area contributed by atoms with Crippen molar-refractivity contribution in [2.75, 3.05) is 26.2 Å². The van der Waals surface area contributed by atoms with Crippen LogP contribution in [-0.2, 0) is 13.0 Å². The predicted octanol–water partition coefficient (Wildman–Crippen LogP) is 3.17. The van der Waals surface area contributed by atoms with Gasteiger partial charge < -0.3 is 20.5 Å². The average molecular weight is 408 g/mol. The molecule has 0 spiro atoms. The van der Waals surface area contributed by atoms with Crippen LogP contribution in [0.25, 0.3) is 11.0 Å². The zero-order valence-electron chi connectivity index (χ0n) is 16.8. The van der Waals surface area contributed by atoms with Crippen LogP contribution in [0.3, 0.4) is 0 Å². The fourth-order valence-corrected chi connectivity index (χ4v) is 4.34. The van der Waals surface area contributed by atoms with Gasteiger partial charge in [-0.1, -0.05) is 42.5 Å². The van der Waals surface area contributed by atoms with Crippen molar-refractivity contribution < 1.29 is 0 Å². The summed E-state index contributed by atoms with van der Waals surface area (Å²) in [5, 5.41) is 3.43. The van der Waals surface area contributed by atoms with Gasteiger partial charge in [-0.15, -0.1) is 0 Å². The van der Waals surface area contributed by atoms with Crippen molar-refractivity contribution in [1.82, 2.24) is 19.8 Å². The summed E-state index contributed by atoms with van der Waals surface area (Å²) < 4.78 is 2.41. The minimum Gasteiger partial charge on any atom is -0.376 e. The number of thiocarbonyl (C=S) groups is 1. The van der Waals surface area contributed by atoms with Crippen LogP contribution in [0.2, 0.25) is 0 Å². The topological polar surface area (TPSA) is 59.1 Å². The lowest BCUT2D eigenvalue weighted by Gasteiger charge is -2.32. The largest absolute Gasteiger partial charge is 0.376 e. The molecule has 0 unspecified atom stereocenters. The Kier molecular flexibility index (Phi) is 6.42. The first-order valence-corrected chi connectivity index (χ1v) is 10.8. The zero-order chi connectivity index (χ0) is 20.1. The molecule has 3 N–H and O–H groups in total. The molecule has 1 aliphatic rings. The van der Waals surface area contributed by atoms with E-state index in [1.807, 2.05) is 0 Å². The van der Waals surface area contributed by atoms with Gasteiger partial charge in [0.1, 0.15) is 5.82 Å². The van der Waals surface area contributed by atoms with Crippen molar-refractivity contribution in [1.29, 1.82) is 0 Å². The number of piperidine rings is 1. The molecule has 6 heteroatoms. The van der Waals surface area contributed by atoms with E-state index in [0.29, 0.717) is 11.0 Å². The zero-order valence-corrected chi connectivity index (χ0v) is 17.6. The van der Waals surface area contributed by atoms with Gasteiger partial charge in [0.05, 0.1) is 11.0 Å². The van der Waals surface area contributed by atoms with Crippen molar-refractivity contribution in [3.63, 3.8) is 0 Å². The van der Waals surface area contributed by atoms with E-state index in [1.54, 1.807) is 0 Å². The maximum Gasteiger partial charge on any atom is 0.163 e. The Morgan fingerprint density at radius 3 is 2.55 bits per heavy atom. The maximum atomic E-state index is 5.51. The first-order valence-electron chi connectivity index (χ1n) is 10.4. The molecule has 4 rings (SSSR count). The van der Waals surface area contributed by atoms with Gasteiger partial charge in [-0.05, 0) is 61.8 Å². The summed E-state index contributed by atoms with van der Waals surface area (Å²) in [7, 11) is 0. The molecule has 0 aliphatic carbocycles. The van der Waals surface area contributed by atoms with Gasteiger partial charge in [-0.25, -0.2) is 4.98 Å². The molecular formula is C23H29N5S. The minimum atomic E-state index is 0.386. The van der Waals surface area contributed by atoms with Crippen LogP contribution in [0, 0.1) is 5.92 Å². The van der Waals surface area contributed by atoms with Crippen molar-refractivity contribution in [2.45, 2.75) is 25.8 Å². The quantitative estimate of drug-likeness (QED) is 0.589. The summed E-state index contributed by atoms with van der Waals surface area (Å²) in [5.41, 5.74) is 9.15. The van der Waals surface area contributed by atoms with E-state index in [2.05, 4.69) is 69.4 Å². The Morgan fingerprint density at radius 1 is 1.07 bits per heavy atom. The maximum absolute atomic E-state index is 5.51. The third-order valence-electron chi connectivity index (χ3n) is 5.82. The number of fused-ring (bicyclic) bond motifs is 1. The van der Waals surface area contributed by atoms with Gasteiger partial charge in [0.2, 0.25) is 0 Å². The van der Waals surface area contributed by atoms with E-state index in [-0.39, 0.29) is 0 Å². The molecule has 1 aromatic heterocycles. The summed E-state index contributed by atoms with van der Waals surface area (Å²) in [6, 6.07) is 19.2. The molecule has 1 fully saturated rings. The fourth-order valence-electron chi connectivity index (χ4n) is 4.23. The van der Waals surface area contributed by atoms with Gasteiger partial charge in [-0.2, -0.15) is 0 Å². The van der Waals surface area contributed by atoms with E-state index >= 15 is 0 Å². The Bertz CT molecular complexity index is 944. The minimum absolute atomic E-state index is 0.386. The van der Waals surface area contributed by atoms with E-state index in [9.17, 15) is 0 Å². The van der Waals surface area contributed by atoms with Crippen LogP contribution in [0.5, 0.6) is 0 Å². The molecule has 5 nitrogen and oxygen atoms in total.